The van der Waals surface area contributed by atoms with Gasteiger partial charge in [-0.3, -0.25) is 0 Å². The number of aliphatic carboxylic acids is 2. The molecule has 3 rings (SSSR count). The van der Waals surface area contributed by atoms with E-state index in [1.165, 1.54) is 6.07 Å². The van der Waals surface area contributed by atoms with Gasteiger partial charge in [-0.05, 0) is 18.2 Å². The first-order chi connectivity index (χ1) is 10.5. The summed E-state index contributed by atoms with van der Waals surface area (Å²) in [6.07, 6.45) is 2.05. The predicted octanol–water partition coefficient (Wildman–Crippen LogP) is 1.48. The zero-order valence-electron chi connectivity index (χ0n) is 11.6. The maximum Gasteiger partial charge on any atom is 0.414 e. The van der Waals surface area contributed by atoms with Crippen molar-refractivity contribution in [2.24, 2.45) is 0 Å². The molecule has 2 aromatic rings. The highest BCUT2D eigenvalue weighted by atomic mass is 19.1. The number of carbonyl (C=O) groups is 2. The second kappa shape index (κ2) is 6.86. The lowest BCUT2D eigenvalue weighted by atomic mass is 10.0. The fraction of sp³-hybridized carbons (Fsp3) is 0.200. The Hall–Kier alpha value is -2.67. The van der Waals surface area contributed by atoms with Gasteiger partial charge in [0.05, 0.1) is 6.04 Å². The standard InChI is InChI=1S/C13H13FN2.C2H2O4/c14-11-5-2-1-4-10(11)13-12-6-3-8-16(12)9-7-15-13;3-1(4)2(5)6/h1-6,8,13,15H,7,9H2;(H,3,4)(H,5,6). The van der Waals surface area contributed by atoms with Crippen molar-refractivity contribution in [3.8, 4) is 0 Å². The van der Waals surface area contributed by atoms with Gasteiger partial charge in [0, 0.05) is 30.5 Å². The Labute approximate surface area is 125 Å². The zero-order chi connectivity index (χ0) is 16.1. The summed E-state index contributed by atoms with van der Waals surface area (Å²) in [7, 11) is 0. The summed E-state index contributed by atoms with van der Waals surface area (Å²) in [5, 5.41) is 18.1. The number of carboxylic acids is 2. The van der Waals surface area contributed by atoms with Gasteiger partial charge in [0.1, 0.15) is 5.82 Å². The molecular weight excluding hydrogens is 291 g/mol. The number of halogens is 1. The molecule has 0 radical (unpaired) electrons. The number of rotatable bonds is 1. The van der Waals surface area contributed by atoms with Crippen molar-refractivity contribution in [3.05, 3.63) is 59.7 Å². The van der Waals surface area contributed by atoms with Crippen molar-refractivity contribution in [2.45, 2.75) is 12.6 Å². The monoisotopic (exact) mass is 306 g/mol. The number of aromatic nitrogens is 1. The Morgan fingerprint density at radius 2 is 1.82 bits per heavy atom. The van der Waals surface area contributed by atoms with E-state index in [9.17, 15) is 4.39 Å². The topological polar surface area (TPSA) is 91.6 Å². The van der Waals surface area contributed by atoms with Gasteiger partial charge in [0.2, 0.25) is 0 Å². The normalized spacial score (nSPS) is 16.1. The number of hydrogen-bond acceptors (Lipinski definition) is 3. The van der Waals surface area contributed by atoms with E-state index in [-0.39, 0.29) is 11.9 Å². The SMILES string of the molecule is Fc1ccccc1C1NCCn2cccc21.O=C(O)C(=O)O. The molecule has 3 N–H and O–H groups in total. The minimum Gasteiger partial charge on any atom is -0.473 e. The molecule has 1 aromatic carbocycles. The molecule has 0 saturated heterocycles. The lowest BCUT2D eigenvalue weighted by Crippen LogP contribution is -2.33. The number of carboxylic acid groups (broad SMARTS) is 2. The average Bonchev–Trinajstić information content (AvgIpc) is 2.97. The van der Waals surface area contributed by atoms with Gasteiger partial charge in [-0.2, -0.15) is 0 Å². The summed E-state index contributed by atoms with van der Waals surface area (Å²) in [4.78, 5) is 18.2. The van der Waals surface area contributed by atoms with E-state index in [2.05, 4.69) is 9.88 Å². The number of benzene rings is 1. The Morgan fingerprint density at radius 3 is 2.45 bits per heavy atom. The van der Waals surface area contributed by atoms with Crippen molar-refractivity contribution >= 4 is 11.9 Å². The Bertz CT molecular complexity index is 672. The van der Waals surface area contributed by atoms with Crippen molar-refractivity contribution < 1.29 is 24.2 Å². The minimum atomic E-state index is -1.82. The first-order valence-electron chi connectivity index (χ1n) is 6.59. The first kappa shape index (κ1) is 15.7. The van der Waals surface area contributed by atoms with Gasteiger partial charge in [0.25, 0.3) is 0 Å². The molecule has 0 aliphatic carbocycles. The highest BCUT2D eigenvalue weighted by Gasteiger charge is 2.22. The van der Waals surface area contributed by atoms with Gasteiger partial charge in [-0.25, -0.2) is 14.0 Å². The highest BCUT2D eigenvalue weighted by Crippen LogP contribution is 2.26. The number of nitrogens with one attached hydrogen (secondary N) is 1. The fourth-order valence-corrected chi connectivity index (χ4v) is 2.31. The van der Waals surface area contributed by atoms with E-state index < -0.39 is 11.9 Å². The number of fused-ring (bicyclic) bond motifs is 1. The van der Waals surface area contributed by atoms with Gasteiger partial charge in [0.15, 0.2) is 0 Å². The Morgan fingerprint density at radius 1 is 1.14 bits per heavy atom. The smallest absolute Gasteiger partial charge is 0.414 e. The molecule has 1 aromatic heterocycles. The van der Waals surface area contributed by atoms with Crippen LogP contribution < -0.4 is 5.32 Å². The van der Waals surface area contributed by atoms with Crippen LogP contribution in [0.1, 0.15) is 17.3 Å². The molecule has 0 bridgehead atoms. The van der Waals surface area contributed by atoms with Crippen LogP contribution in [-0.2, 0) is 16.1 Å². The van der Waals surface area contributed by atoms with Crippen LogP contribution >= 0.6 is 0 Å². The van der Waals surface area contributed by atoms with Crippen LogP contribution in [0.25, 0.3) is 0 Å². The molecule has 1 atom stereocenters. The van der Waals surface area contributed by atoms with Gasteiger partial charge >= 0.3 is 11.9 Å². The third-order valence-electron chi connectivity index (χ3n) is 3.26. The fourth-order valence-electron chi connectivity index (χ4n) is 2.31. The third-order valence-corrected chi connectivity index (χ3v) is 3.26. The van der Waals surface area contributed by atoms with Crippen LogP contribution in [-0.4, -0.2) is 33.3 Å². The molecule has 0 saturated carbocycles. The van der Waals surface area contributed by atoms with Crippen molar-refractivity contribution in [1.29, 1.82) is 0 Å². The quantitative estimate of drug-likeness (QED) is 0.694. The molecule has 1 unspecified atom stereocenters. The lowest BCUT2D eigenvalue weighted by Gasteiger charge is -2.27. The van der Waals surface area contributed by atoms with Crippen LogP contribution in [0.2, 0.25) is 0 Å². The summed E-state index contributed by atoms with van der Waals surface area (Å²) in [5.74, 6) is -3.79. The molecule has 1 aliphatic heterocycles. The van der Waals surface area contributed by atoms with E-state index in [1.807, 2.05) is 30.5 Å². The van der Waals surface area contributed by atoms with Crippen LogP contribution in [0.15, 0.2) is 42.6 Å². The molecular formula is C15H15FN2O4. The first-order valence-corrected chi connectivity index (χ1v) is 6.59. The van der Waals surface area contributed by atoms with Crippen LogP contribution in [0, 0.1) is 5.82 Å². The van der Waals surface area contributed by atoms with E-state index in [1.54, 1.807) is 6.07 Å². The largest absolute Gasteiger partial charge is 0.473 e. The molecule has 116 valence electrons. The molecule has 0 fully saturated rings. The number of hydrogen-bond donors (Lipinski definition) is 3. The van der Waals surface area contributed by atoms with Crippen molar-refractivity contribution in [3.63, 3.8) is 0 Å². The molecule has 1 aliphatic rings. The van der Waals surface area contributed by atoms with E-state index in [0.29, 0.717) is 0 Å². The molecule has 22 heavy (non-hydrogen) atoms. The second-order valence-corrected chi connectivity index (χ2v) is 4.65. The van der Waals surface area contributed by atoms with Gasteiger partial charge in [-0.15, -0.1) is 0 Å². The van der Waals surface area contributed by atoms with Crippen LogP contribution in [0.5, 0.6) is 0 Å². The predicted molar refractivity (Wildman–Crippen MR) is 75.9 cm³/mol. The third kappa shape index (κ3) is 3.50. The average molecular weight is 306 g/mol. The van der Waals surface area contributed by atoms with Crippen molar-refractivity contribution in [1.82, 2.24) is 9.88 Å². The lowest BCUT2D eigenvalue weighted by molar-refractivity contribution is -0.159. The molecule has 0 amide bonds. The number of nitrogens with zero attached hydrogens (tertiary/aromatic N) is 1. The molecule has 0 spiro atoms. The van der Waals surface area contributed by atoms with Gasteiger partial charge < -0.3 is 20.1 Å². The van der Waals surface area contributed by atoms with E-state index >= 15 is 0 Å². The molecule has 6 nitrogen and oxygen atoms in total. The molecule has 2 heterocycles. The molecule has 7 heteroatoms. The zero-order valence-corrected chi connectivity index (χ0v) is 11.6. The van der Waals surface area contributed by atoms with Crippen LogP contribution in [0.4, 0.5) is 4.39 Å². The maximum atomic E-state index is 13.7. The minimum absolute atomic E-state index is 0.0232. The maximum absolute atomic E-state index is 13.7. The summed E-state index contributed by atoms with van der Waals surface area (Å²) in [6.45, 7) is 1.83. The van der Waals surface area contributed by atoms with Crippen LogP contribution in [0.3, 0.4) is 0 Å². The Balaban J connectivity index is 0.000000254. The van der Waals surface area contributed by atoms with Gasteiger partial charge in [-0.1, -0.05) is 18.2 Å². The second-order valence-electron chi connectivity index (χ2n) is 4.65. The summed E-state index contributed by atoms with van der Waals surface area (Å²) >= 11 is 0. The Kier molecular flexibility index (Phi) is 4.90. The van der Waals surface area contributed by atoms with E-state index in [4.69, 9.17) is 19.8 Å². The summed E-state index contributed by atoms with van der Waals surface area (Å²) in [5.41, 5.74) is 1.86. The summed E-state index contributed by atoms with van der Waals surface area (Å²) < 4.78 is 15.9. The highest BCUT2D eigenvalue weighted by molar-refractivity contribution is 6.27. The summed E-state index contributed by atoms with van der Waals surface area (Å²) in [6, 6.07) is 11.0. The van der Waals surface area contributed by atoms with E-state index in [0.717, 1.165) is 24.3 Å². The van der Waals surface area contributed by atoms with Crippen molar-refractivity contribution in [2.75, 3.05) is 6.54 Å².